The van der Waals surface area contributed by atoms with Crippen molar-refractivity contribution in [2.75, 3.05) is 18.0 Å². The first-order valence-electron chi connectivity index (χ1n) is 10.7. The highest BCUT2D eigenvalue weighted by atomic mass is 79.9. The zero-order valence-electron chi connectivity index (χ0n) is 19.5. The van der Waals surface area contributed by atoms with E-state index in [1.807, 2.05) is 26.0 Å². The van der Waals surface area contributed by atoms with Crippen molar-refractivity contribution in [3.8, 4) is 11.5 Å². The highest BCUT2D eigenvalue weighted by molar-refractivity contribution is 9.10. The Hall–Kier alpha value is -3.37. The van der Waals surface area contributed by atoms with E-state index in [9.17, 15) is 18.3 Å². The van der Waals surface area contributed by atoms with E-state index in [0.29, 0.717) is 22.1 Å². The van der Waals surface area contributed by atoms with Crippen molar-refractivity contribution in [3.05, 3.63) is 81.8 Å². The SMILES string of the molecule is CCc1ccccc1N(CC(=O)N/N=C\c1cc(Br)c(O)c(OC)c1)S(=O)(=O)c1ccc(C)cc1. The Morgan fingerprint density at radius 1 is 1.17 bits per heavy atom. The van der Waals surface area contributed by atoms with Crippen LogP contribution in [0.2, 0.25) is 0 Å². The fourth-order valence-electron chi connectivity index (χ4n) is 3.36. The summed E-state index contributed by atoms with van der Waals surface area (Å²) < 4.78 is 33.7. The third-order valence-corrected chi connectivity index (χ3v) is 7.59. The van der Waals surface area contributed by atoms with E-state index < -0.39 is 22.5 Å². The van der Waals surface area contributed by atoms with Gasteiger partial charge in [0.15, 0.2) is 11.5 Å². The van der Waals surface area contributed by atoms with E-state index in [4.69, 9.17) is 4.74 Å². The number of nitrogens with zero attached hydrogens (tertiary/aromatic N) is 2. The van der Waals surface area contributed by atoms with Crippen molar-refractivity contribution in [2.24, 2.45) is 5.10 Å². The molecule has 0 bridgehead atoms. The van der Waals surface area contributed by atoms with Crippen molar-refractivity contribution in [1.29, 1.82) is 0 Å². The number of hydrazone groups is 1. The Bertz CT molecular complexity index is 1340. The number of nitrogens with one attached hydrogen (secondary N) is 1. The molecule has 0 saturated carbocycles. The lowest BCUT2D eigenvalue weighted by molar-refractivity contribution is -0.119. The zero-order valence-corrected chi connectivity index (χ0v) is 21.9. The van der Waals surface area contributed by atoms with Gasteiger partial charge in [-0.15, -0.1) is 0 Å². The zero-order chi connectivity index (χ0) is 25.6. The highest BCUT2D eigenvalue weighted by Gasteiger charge is 2.28. The number of hydrogen-bond donors (Lipinski definition) is 2. The molecule has 35 heavy (non-hydrogen) atoms. The summed E-state index contributed by atoms with van der Waals surface area (Å²) >= 11 is 3.23. The van der Waals surface area contributed by atoms with Crippen molar-refractivity contribution < 1.29 is 23.1 Å². The Kier molecular flexibility index (Phi) is 8.52. The minimum atomic E-state index is -4.03. The molecule has 3 aromatic rings. The lowest BCUT2D eigenvalue weighted by Crippen LogP contribution is -2.40. The number of amides is 1. The van der Waals surface area contributed by atoms with Crippen LogP contribution in [0.5, 0.6) is 11.5 Å². The second-order valence-corrected chi connectivity index (χ2v) is 10.4. The van der Waals surface area contributed by atoms with Crippen LogP contribution in [0.25, 0.3) is 0 Å². The van der Waals surface area contributed by atoms with E-state index >= 15 is 0 Å². The molecule has 0 unspecified atom stereocenters. The van der Waals surface area contributed by atoms with Crippen LogP contribution in [0.4, 0.5) is 5.69 Å². The number of halogens is 1. The van der Waals surface area contributed by atoms with Crippen LogP contribution in [-0.2, 0) is 21.2 Å². The number of aromatic hydroxyl groups is 1. The quantitative estimate of drug-likeness (QED) is 0.298. The van der Waals surface area contributed by atoms with Crippen LogP contribution in [0.1, 0.15) is 23.6 Å². The molecule has 0 radical (unpaired) electrons. The second-order valence-electron chi connectivity index (χ2n) is 7.65. The standard InChI is InChI=1S/C25H26BrN3O5S/c1-4-19-7-5-6-8-22(19)29(35(32,33)20-11-9-17(2)10-12-20)16-24(30)28-27-15-18-13-21(26)25(31)23(14-18)34-3/h5-15,31H,4,16H2,1-3H3,(H,28,30)/b27-15-. The largest absolute Gasteiger partial charge is 0.503 e. The molecular weight excluding hydrogens is 534 g/mol. The molecule has 0 aliphatic heterocycles. The molecule has 184 valence electrons. The monoisotopic (exact) mass is 559 g/mol. The summed E-state index contributed by atoms with van der Waals surface area (Å²) in [5.74, 6) is -0.438. The van der Waals surface area contributed by atoms with Gasteiger partial charge in [0, 0.05) is 0 Å². The number of phenols is 1. The van der Waals surface area contributed by atoms with Gasteiger partial charge in [-0.05, 0) is 70.7 Å². The third-order valence-electron chi connectivity index (χ3n) is 5.21. The average Bonchev–Trinajstić information content (AvgIpc) is 2.84. The average molecular weight is 560 g/mol. The summed E-state index contributed by atoms with van der Waals surface area (Å²) in [6.07, 6.45) is 1.96. The molecule has 0 saturated heterocycles. The van der Waals surface area contributed by atoms with Gasteiger partial charge in [0.2, 0.25) is 0 Å². The number of rotatable bonds is 9. The Balaban J connectivity index is 1.88. The minimum absolute atomic E-state index is 0.0553. The van der Waals surface area contributed by atoms with E-state index in [1.165, 1.54) is 25.5 Å². The number of carbonyl (C=O) groups excluding carboxylic acids is 1. The van der Waals surface area contributed by atoms with Crippen LogP contribution in [-0.4, -0.2) is 39.3 Å². The predicted molar refractivity (Wildman–Crippen MR) is 140 cm³/mol. The minimum Gasteiger partial charge on any atom is -0.503 e. The van der Waals surface area contributed by atoms with Crippen molar-refractivity contribution in [2.45, 2.75) is 25.2 Å². The topological polar surface area (TPSA) is 108 Å². The maximum Gasteiger partial charge on any atom is 0.264 e. The van der Waals surface area contributed by atoms with Crippen LogP contribution < -0.4 is 14.5 Å². The van der Waals surface area contributed by atoms with Gasteiger partial charge in [-0.1, -0.05) is 42.8 Å². The molecule has 0 atom stereocenters. The lowest BCUT2D eigenvalue weighted by Gasteiger charge is -2.25. The van der Waals surface area contributed by atoms with Crippen LogP contribution in [0.3, 0.4) is 0 Å². The van der Waals surface area contributed by atoms with Gasteiger partial charge in [-0.3, -0.25) is 9.10 Å². The normalized spacial score (nSPS) is 11.4. The summed E-state index contributed by atoms with van der Waals surface area (Å²) in [5.41, 5.74) is 5.08. The first-order valence-corrected chi connectivity index (χ1v) is 13.0. The Morgan fingerprint density at radius 3 is 2.51 bits per heavy atom. The molecule has 1 amide bonds. The first kappa shape index (κ1) is 26.2. The first-order chi connectivity index (χ1) is 16.7. The van der Waals surface area contributed by atoms with Crippen LogP contribution >= 0.6 is 15.9 Å². The molecule has 0 aliphatic carbocycles. The van der Waals surface area contributed by atoms with Gasteiger partial charge in [-0.2, -0.15) is 5.10 Å². The fraction of sp³-hybridized carbons (Fsp3) is 0.200. The maximum atomic E-state index is 13.5. The second kappa shape index (κ2) is 11.4. The molecule has 10 heteroatoms. The summed E-state index contributed by atoms with van der Waals surface area (Å²) in [6, 6.07) is 16.7. The summed E-state index contributed by atoms with van der Waals surface area (Å²) in [7, 11) is -2.61. The molecule has 0 heterocycles. The smallest absolute Gasteiger partial charge is 0.264 e. The van der Waals surface area contributed by atoms with Gasteiger partial charge in [-0.25, -0.2) is 13.8 Å². The number of methoxy groups -OCH3 is 1. The molecular formula is C25H26BrN3O5S. The molecule has 0 spiro atoms. The van der Waals surface area contributed by atoms with Gasteiger partial charge in [0.25, 0.3) is 15.9 Å². The number of phenolic OH excluding ortho intramolecular Hbond substituents is 1. The molecule has 0 aromatic heterocycles. The number of sulfonamides is 1. The van der Waals surface area contributed by atoms with Crippen molar-refractivity contribution >= 4 is 43.8 Å². The number of carbonyl (C=O) groups is 1. The number of para-hydroxylation sites is 1. The molecule has 0 aliphatic rings. The molecule has 0 fully saturated rings. The van der Waals surface area contributed by atoms with E-state index in [1.54, 1.807) is 36.4 Å². The van der Waals surface area contributed by atoms with E-state index in [2.05, 4.69) is 26.5 Å². The number of ether oxygens (including phenoxy) is 1. The van der Waals surface area contributed by atoms with Gasteiger partial charge < -0.3 is 9.84 Å². The van der Waals surface area contributed by atoms with Crippen LogP contribution in [0.15, 0.2) is 75.1 Å². The number of anilines is 1. The van der Waals surface area contributed by atoms with Gasteiger partial charge in [0.05, 0.1) is 28.4 Å². The van der Waals surface area contributed by atoms with Gasteiger partial charge in [0.1, 0.15) is 6.54 Å². The van der Waals surface area contributed by atoms with Crippen molar-refractivity contribution in [3.63, 3.8) is 0 Å². The Labute approximate surface area is 213 Å². The van der Waals surface area contributed by atoms with Crippen molar-refractivity contribution in [1.82, 2.24) is 5.43 Å². The molecule has 2 N–H and O–H groups in total. The fourth-order valence-corrected chi connectivity index (χ4v) is 5.28. The molecule has 8 nitrogen and oxygen atoms in total. The lowest BCUT2D eigenvalue weighted by atomic mass is 10.1. The number of hydrogen-bond acceptors (Lipinski definition) is 6. The number of aryl methyl sites for hydroxylation is 2. The van der Waals surface area contributed by atoms with Crippen LogP contribution in [0, 0.1) is 6.92 Å². The third kappa shape index (κ3) is 6.20. The molecule has 3 aromatic carbocycles. The highest BCUT2D eigenvalue weighted by Crippen LogP contribution is 2.34. The molecule has 3 rings (SSSR count). The maximum absolute atomic E-state index is 13.5. The predicted octanol–water partition coefficient (Wildman–Crippen LogP) is 4.38. The number of benzene rings is 3. The van der Waals surface area contributed by atoms with Gasteiger partial charge >= 0.3 is 0 Å². The van der Waals surface area contributed by atoms with E-state index in [0.717, 1.165) is 15.4 Å². The van der Waals surface area contributed by atoms with E-state index in [-0.39, 0.29) is 16.4 Å². The summed E-state index contributed by atoms with van der Waals surface area (Å²) in [5, 5.41) is 13.9. The summed E-state index contributed by atoms with van der Waals surface area (Å²) in [6.45, 7) is 3.32. The summed E-state index contributed by atoms with van der Waals surface area (Å²) in [4.78, 5) is 12.9. The Morgan fingerprint density at radius 2 is 1.86 bits per heavy atom.